The Bertz CT molecular complexity index is 1030. The lowest BCUT2D eigenvalue weighted by Gasteiger charge is -2.26. The zero-order chi connectivity index (χ0) is 21.8. The van der Waals surface area contributed by atoms with Crippen molar-refractivity contribution in [2.24, 2.45) is 0 Å². The number of benzene rings is 2. The highest BCUT2D eigenvalue weighted by atomic mass is 35.5. The maximum atomic E-state index is 13.0. The Morgan fingerprint density at radius 2 is 1.67 bits per heavy atom. The van der Waals surface area contributed by atoms with Crippen LogP contribution in [0.4, 0.5) is 10.5 Å². The maximum absolute atomic E-state index is 13.0. The summed E-state index contributed by atoms with van der Waals surface area (Å²) in [5, 5.41) is 2.71. The van der Waals surface area contributed by atoms with E-state index in [1.807, 2.05) is 6.92 Å². The second-order valence-corrected chi connectivity index (χ2v) is 6.97. The van der Waals surface area contributed by atoms with E-state index in [9.17, 15) is 14.4 Å². The summed E-state index contributed by atoms with van der Waals surface area (Å²) in [4.78, 5) is 38.7. The molecule has 1 fully saturated rings. The average Bonchev–Trinajstić information content (AvgIpc) is 2.69. The van der Waals surface area contributed by atoms with Gasteiger partial charge in [0, 0.05) is 10.6 Å². The van der Waals surface area contributed by atoms with E-state index >= 15 is 0 Å². The van der Waals surface area contributed by atoms with Crippen molar-refractivity contribution in [2.45, 2.75) is 13.8 Å². The van der Waals surface area contributed by atoms with Crippen molar-refractivity contribution in [1.82, 2.24) is 5.32 Å². The predicted molar refractivity (Wildman–Crippen MR) is 114 cm³/mol. The van der Waals surface area contributed by atoms with Gasteiger partial charge in [-0.15, -0.1) is 0 Å². The number of urea groups is 1. The van der Waals surface area contributed by atoms with Crippen LogP contribution in [0.3, 0.4) is 0 Å². The van der Waals surface area contributed by atoms with E-state index in [2.05, 4.69) is 5.32 Å². The molecular weight excluding hydrogens is 431 g/mol. The number of barbiturate groups is 1. The molecule has 3 rings (SSSR count). The summed E-state index contributed by atoms with van der Waals surface area (Å²) >= 11 is 12.3. The van der Waals surface area contributed by atoms with Crippen LogP contribution in [0.5, 0.6) is 11.5 Å². The first-order valence-electron chi connectivity index (χ1n) is 9.11. The van der Waals surface area contributed by atoms with E-state index in [1.165, 1.54) is 18.2 Å². The third kappa shape index (κ3) is 4.42. The van der Waals surface area contributed by atoms with Gasteiger partial charge in [-0.05, 0) is 56.3 Å². The molecule has 4 amide bonds. The molecule has 1 heterocycles. The minimum absolute atomic E-state index is 0.235. The summed E-state index contributed by atoms with van der Waals surface area (Å²) in [6.45, 7) is 4.41. The van der Waals surface area contributed by atoms with Crippen molar-refractivity contribution >= 4 is 52.8 Å². The van der Waals surface area contributed by atoms with Gasteiger partial charge in [-0.1, -0.05) is 23.2 Å². The zero-order valence-electron chi connectivity index (χ0n) is 16.2. The van der Waals surface area contributed by atoms with Gasteiger partial charge >= 0.3 is 6.03 Å². The van der Waals surface area contributed by atoms with Gasteiger partial charge < -0.3 is 9.47 Å². The van der Waals surface area contributed by atoms with E-state index in [0.717, 1.165) is 4.90 Å². The lowest BCUT2D eigenvalue weighted by Crippen LogP contribution is -2.54. The average molecular weight is 449 g/mol. The van der Waals surface area contributed by atoms with Crippen molar-refractivity contribution < 1.29 is 23.9 Å². The molecule has 1 aliphatic heterocycles. The van der Waals surface area contributed by atoms with Crippen molar-refractivity contribution in [3.05, 3.63) is 57.6 Å². The Balaban J connectivity index is 2.03. The van der Waals surface area contributed by atoms with E-state index in [4.69, 9.17) is 32.7 Å². The van der Waals surface area contributed by atoms with Gasteiger partial charge in [-0.2, -0.15) is 0 Å². The third-order valence-electron chi connectivity index (χ3n) is 4.13. The van der Waals surface area contributed by atoms with Gasteiger partial charge in [0.15, 0.2) is 0 Å². The molecule has 1 saturated heterocycles. The molecule has 9 heteroatoms. The maximum Gasteiger partial charge on any atom is 0.335 e. The highest BCUT2D eigenvalue weighted by Gasteiger charge is 2.37. The topological polar surface area (TPSA) is 84.9 Å². The van der Waals surface area contributed by atoms with Gasteiger partial charge in [0.25, 0.3) is 11.8 Å². The molecule has 156 valence electrons. The fraction of sp³-hybridized carbons (Fsp3) is 0.190. The number of hydrogen-bond acceptors (Lipinski definition) is 5. The first-order chi connectivity index (χ1) is 14.3. The molecule has 0 unspecified atom stereocenters. The van der Waals surface area contributed by atoms with Gasteiger partial charge in [0.05, 0.1) is 23.9 Å². The van der Waals surface area contributed by atoms with E-state index < -0.39 is 17.8 Å². The van der Waals surface area contributed by atoms with E-state index in [-0.39, 0.29) is 22.0 Å². The SMILES string of the molecule is CCOc1ccc(N2C(=O)NC(=O)/C(=C\c3cc(Cl)cc(Cl)c3OCC)C2=O)cc1. The summed E-state index contributed by atoms with van der Waals surface area (Å²) in [7, 11) is 0. The number of carbonyl (C=O) groups excluding carboxylic acids is 3. The summed E-state index contributed by atoms with van der Waals surface area (Å²) in [6, 6.07) is 8.53. The molecule has 1 aliphatic rings. The number of halogens is 2. The lowest BCUT2D eigenvalue weighted by atomic mass is 10.1. The lowest BCUT2D eigenvalue weighted by molar-refractivity contribution is -0.122. The first-order valence-corrected chi connectivity index (χ1v) is 9.87. The number of rotatable bonds is 6. The number of nitrogens with one attached hydrogen (secondary N) is 1. The minimum atomic E-state index is -0.847. The second kappa shape index (κ2) is 9.19. The molecule has 0 aromatic heterocycles. The molecule has 0 radical (unpaired) electrons. The fourth-order valence-corrected chi connectivity index (χ4v) is 3.45. The molecule has 0 bridgehead atoms. The van der Waals surface area contributed by atoms with Gasteiger partial charge in [0.2, 0.25) is 0 Å². The molecule has 0 atom stereocenters. The number of hydrogen-bond donors (Lipinski definition) is 1. The van der Waals surface area contributed by atoms with Crippen LogP contribution >= 0.6 is 23.2 Å². The molecule has 2 aromatic carbocycles. The number of imide groups is 2. The van der Waals surface area contributed by atoms with Crippen LogP contribution in [0.2, 0.25) is 10.0 Å². The van der Waals surface area contributed by atoms with Crippen LogP contribution in [0.25, 0.3) is 6.08 Å². The van der Waals surface area contributed by atoms with Crippen LogP contribution in [0.1, 0.15) is 19.4 Å². The Morgan fingerprint density at radius 1 is 1.00 bits per heavy atom. The smallest absolute Gasteiger partial charge is 0.335 e. The van der Waals surface area contributed by atoms with Crippen LogP contribution < -0.4 is 19.7 Å². The number of anilines is 1. The Kier molecular flexibility index (Phi) is 6.64. The highest BCUT2D eigenvalue weighted by molar-refractivity contribution is 6.40. The Hall–Kier alpha value is -3.03. The monoisotopic (exact) mass is 448 g/mol. The predicted octanol–water partition coefficient (Wildman–Crippen LogP) is 4.46. The molecular formula is C21H18Cl2N2O5. The number of amides is 4. The summed E-state index contributed by atoms with van der Waals surface area (Å²) in [5.41, 5.74) is 0.366. The third-order valence-corrected chi connectivity index (χ3v) is 4.63. The fourth-order valence-electron chi connectivity index (χ4n) is 2.89. The summed E-state index contributed by atoms with van der Waals surface area (Å²) < 4.78 is 10.9. The van der Waals surface area contributed by atoms with Crippen molar-refractivity contribution in [2.75, 3.05) is 18.1 Å². The molecule has 7 nitrogen and oxygen atoms in total. The van der Waals surface area contributed by atoms with Crippen LogP contribution in [-0.2, 0) is 9.59 Å². The number of ether oxygens (including phenoxy) is 2. The standard InChI is InChI=1S/C21H18Cl2N2O5/c1-3-29-15-7-5-14(6-8-15)25-20(27)16(19(26)24-21(25)28)10-12-9-13(22)11-17(23)18(12)30-4-2/h5-11H,3-4H2,1-2H3,(H,24,26,28)/b16-10+. The molecule has 0 saturated carbocycles. The van der Waals surface area contributed by atoms with Crippen molar-refractivity contribution in [1.29, 1.82) is 0 Å². The van der Waals surface area contributed by atoms with Gasteiger partial charge in [-0.3, -0.25) is 14.9 Å². The van der Waals surface area contributed by atoms with Gasteiger partial charge in [-0.25, -0.2) is 9.69 Å². The summed E-state index contributed by atoms with van der Waals surface area (Å²) in [5.74, 6) is -0.744. The van der Waals surface area contributed by atoms with Crippen molar-refractivity contribution in [3.63, 3.8) is 0 Å². The number of carbonyl (C=O) groups is 3. The quantitative estimate of drug-likeness (QED) is 0.520. The van der Waals surface area contributed by atoms with E-state index in [1.54, 1.807) is 31.2 Å². The summed E-state index contributed by atoms with van der Waals surface area (Å²) in [6.07, 6.45) is 1.30. The van der Waals surface area contributed by atoms with Crippen LogP contribution in [0.15, 0.2) is 42.0 Å². The van der Waals surface area contributed by atoms with Gasteiger partial charge in [0.1, 0.15) is 17.1 Å². The number of nitrogens with zero attached hydrogens (tertiary/aromatic N) is 1. The Morgan fingerprint density at radius 3 is 2.30 bits per heavy atom. The second-order valence-electron chi connectivity index (χ2n) is 6.12. The van der Waals surface area contributed by atoms with E-state index in [0.29, 0.717) is 29.5 Å². The normalized spacial score (nSPS) is 15.4. The first kappa shape index (κ1) is 21.7. The minimum Gasteiger partial charge on any atom is -0.494 e. The highest BCUT2D eigenvalue weighted by Crippen LogP contribution is 2.34. The molecule has 0 aliphatic carbocycles. The van der Waals surface area contributed by atoms with Crippen molar-refractivity contribution in [3.8, 4) is 11.5 Å². The van der Waals surface area contributed by atoms with Crippen LogP contribution in [0, 0.1) is 0 Å². The largest absolute Gasteiger partial charge is 0.494 e. The molecule has 0 spiro atoms. The molecule has 1 N–H and O–H groups in total. The molecule has 30 heavy (non-hydrogen) atoms. The Labute approximate surface area is 183 Å². The molecule has 2 aromatic rings. The zero-order valence-corrected chi connectivity index (χ0v) is 17.7. The van der Waals surface area contributed by atoms with Crippen LogP contribution in [-0.4, -0.2) is 31.1 Å².